The maximum absolute atomic E-state index is 12.6. The van der Waals surface area contributed by atoms with Crippen molar-refractivity contribution in [3.63, 3.8) is 0 Å². The van der Waals surface area contributed by atoms with Gasteiger partial charge in [0.25, 0.3) is 0 Å². The van der Waals surface area contributed by atoms with Crippen LogP contribution < -0.4 is 4.74 Å². The van der Waals surface area contributed by atoms with E-state index in [-0.39, 0.29) is 5.82 Å². The number of hydrogen-bond donors (Lipinski definition) is 0. The highest BCUT2D eigenvalue weighted by molar-refractivity contribution is 5.21. The van der Waals surface area contributed by atoms with Crippen LogP contribution >= 0.6 is 0 Å². The number of rotatable bonds is 9. The molecule has 0 saturated heterocycles. The highest BCUT2D eigenvalue weighted by atomic mass is 19.1. The molecule has 0 unspecified atom stereocenters. The van der Waals surface area contributed by atoms with Gasteiger partial charge in [0.2, 0.25) is 0 Å². The number of unbranched alkanes of at least 4 members (excludes halogenated alkanes) is 2. The monoisotopic (exact) mass is 240 g/mol. The Morgan fingerprint density at radius 2 is 1.59 bits per heavy atom. The third-order valence-electron chi connectivity index (χ3n) is 2.41. The van der Waals surface area contributed by atoms with Crippen LogP contribution in [0.3, 0.4) is 0 Å². The van der Waals surface area contributed by atoms with Crippen LogP contribution in [-0.2, 0) is 4.74 Å². The first-order valence-corrected chi connectivity index (χ1v) is 6.29. The summed E-state index contributed by atoms with van der Waals surface area (Å²) in [6.07, 6.45) is 4.27. The van der Waals surface area contributed by atoms with E-state index in [9.17, 15) is 4.39 Å². The molecule has 0 N–H and O–H groups in total. The second-order valence-electron chi connectivity index (χ2n) is 3.98. The molecule has 0 aliphatic carbocycles. The number of ether oxygens (including phenoxy) is 2. The topological polar surface area (TPSA) is 18.5 Å². The Bertz CT molecular complexity index is 285. The maximum Gasteiger partial charge on any atom is 0.123 e. The third-order valence-corrected chi connectivity index (χ3v) is 2.41. The molecule has 0 spiro atoms. The van der Waals surface area contributed by atoms with E-state index < -0.39 is 0 Å². The quantitative estimate of drug-likeness (QED) is 0.611. The molecule has 0 atom stereocenters. The molecule has 1 aromatic rings. The minimum atomic E-state index is -0.235. The lowest BCUT2D eigenvalue weighted by molar-refractivity contribution is 0.123. The lowest BCUT2D eigenvalue weighted by atomic mass is 10.3. The van der Waals surface area contributed by atoms with Crippen LogP contribution in [0.4, 0.5) is 4.39 Å². The molecule has 0 aromatic heterocycles. The summed E-state index contributed by atoms with van der Waals surface area (Å²) in [5.74, 6) is 0.486. The van der Waals surface area contributed by atoms with Crippen LogP contribution in [0, 0.1) is 5.82 Å². The fourth-order valence-electron chi connectivity index (χ4n) is 1.38. The van der Waals surface area contributed by atoms with Crippen LogP contribution in [0.2, 0.25) is 0 Å². The zero-order valence-corrected chi connectivity index (χ0v) is 10.5. The van der Waals surface area contributed by atoms with Gasteiger partial charge >= 0.3 is 0 Å². The molecule has 0 aliphatic rings. The van der Waals surface area contributed by atoms with Crippen LogP contribution in [0.5, 0.6) is 5.75 Å². The van der Waals surface area contributed by atoms with Gasteiger partial charge in [0.15, 0.2) is 0 Å². The summed E-state index contributed by atoms with van der Waals surface area (Å²) in [6.45, 7) is 4.46. The van der Waals surface area contributed by atoms with Gasteiger partial charge in [-0.25, -0.2) is 4.39 Å². The number of benzene rings is 1. The van der Waals surface area contributed by atoms with Crippen molar-refractivity contribution in [2.75, 3.05) is 19.8 Å². The first-order valence-electron chi connectivity index (χ1n) is 6.29. The molecule has 0 fully saturated rings. The van der Waals surface area contributed by atoms with Crippen molar-refractivity contribution in [1.29, 1.82) is 0 Å². The molecule has 0 heterocycles. The van der Waals surface area contributed by atoms with Gasteiger partial charge in [-0.3, -0.25) is 0 Å². The third kappa shape index (κ3) is 6.95. The lowest BCUT2D eigenvalue weighted by Gasteiger charge is -2.06. The van der Waals surface area contributed by atoms with Crippen LogP contribution in [-0.4, -0.2) is 19.8 Å². The summed E-state index contributed by atoms with van der Waals surface area (Å²) < 4.78 is 23.5. The van der Waals surface area contributed by atoms with Gasteiger partial charge in [-0.15, -0.1) is 0 Å². The first-order chi connectivity index (χ1) is 8.33. The van der Waals surface area contributed by atoms with E-state index in [0.717, 1.165) is 38.2 Å². The summed E-state index contributed by atoms with van der Waals surface area (Å²) in [5, 5.41) is 0. The Morgan fingerprint density at radius 1 is 0.941 bits per heavy atom. The number of hydrogen-bond acceptors (Lipinski definition) is 2. The molecule has 0 amide bonds. The van der Waals surface area contributed by atoms with Gasteiger partial charge in [0, 0.05) is 13.2 Å². The van der Waals surface area contributed by atoms with Gasteiger partial charge in [-0.2, -0.15) is 0 Å². The fourth-order valence-corrected chi connectivity index (χ4v) is 1.38. The molecule has 1 aromatic carbocycles. The highest BCUT2D eigenvalue weighted by Gasteiger charge is 1.95. The second kappa shape index (κ2) is 8.99. The van der Waals surface area contributed by atoms with Gasteiger partial charge in [-0.05, 0) is 43.5 Å². The van der Waals surface area contributed by atoms with E-state index >= 15 is 0 Å². The molecular formula is C14H21FO2. The lowest BCUT2D eigenvalue weighted by Crippen LogP contribution is -2.01. The van der Waals surface area contributed by atoms with E-state index in [4.69, 9.17) is 9.47 Å². The average Bonchev–Trinajstić information content (AvgIpc) is 2.35. The van der Waals surface area contributed by atoms with Crippen LogP contribution in [0.25, 0.3) is 0 Å². The standard InChI is InChI=1S/C14H21FO2/c1-2-3-10-16-11-4-5-12-17-14-8-6-13(15)7-9-14/h6-9H,2-5,10-12H2,1H3. The smallest absolute Gasteiger partial charge is 0.123 e. The zero-order valence-electron chi connectivity index (χ0n) is 10.5. The second-order valence-corrected chi connectivity index (χ2v) is 3.98. The number of halogens is 1. The van der Waals surface area contributed by atoms with Crippen molar-refractivity contribution < 1.29 is 13.9 Å². The fraction of sp³-hybridized carbons (Fsp3) is 0.571. The summed E-state index contributed by atoms with van der Waals surface area (Å²) >= 11 is 0. The van der Waals surface area contributed by atoms with Crippen molar-refractivity contribution in [2.45, 2.75) is 32.6 Å². The van der Waals surface area contributed by atoms with Gasteiger partial charge in [0.05, 0.1) is 6.61 Å². The minimum absolute atomic E-state index is 0.235. The van der Waals surface area contributed by atoms with Gasteiger partial charge < -0.3 is 9.47 Å². The van der Waals surface area contributed by atoms with Crippen molar-refractivity contribution in [3.05, 3.63) is 30.1 Å². The molecule has 0 aliphatic heterocycles. The Kier molecular flexibility index (Phi) is 7.39. The zero-order chi connectivity index (χ0) is 12.3. The van der Waals surface area contributed by atoms with E-state index in [1.165, 1.54) is 18.6 Å². The Morgan fingerprint density at radius 3 is 2.29 bits per heavy atom. The minimum Gasteiger partial charge on any atom is -0.494 e. The van der Waals surface area contributed by atoms with Crippen molar-refractivity contribution in [1.82, 2.24) is 0 Å². The molecule has 0 saturated carbocycles. The van der Waals surface area contributed by atoms with E-state index in [1.807, 2.05) is 0 Å². The molecule has 2 nitrogen and oxygen atoms in total. The van der Waals surface area contributed by atoms with Crippen molar-refractivity contribution in [3.8, 4) is 5.75 Å². The summed E-state index contributed by atoms with van der Waals surface area (Å²) in [5.41, 5.74) is 0. The van der Waals surface area contributed by atoms with E-state index in [0.29, 0.717) is 6.61 Å². The molecule has 96 valence electrons. The van der Waals surface area contributed by atoms with E-state index in [1.54, 1.807) is 12.1 Å². The molecular weight excluding hydrogens is 219 g/mol. The van der Waals surface area contributed by atoms with E-state index in [2.05, 4.69) is 6.92 Å². The predicted molar refractivity (Wildman–Crippen MR) is 66.9 cm³/mol. The maximum atomic E-state index is 12.6. The highest BCUT2D eigenvalue weighted by Crippen LogP contribution is 2.11. The molecule has 0 radical (unpaired) electrons. The molecule has 1 rings (SSSR count). The summed E-state index contributed by atoms with van der Waals surface area (Å²) in [7, 11) is 0. The molecule has 0 bridgehead atoms. The Balaban J connectivity index is 1.95. The van der Waals surface area contributed by atoms with Crippen molar-refractivity contribution >= 4 is 0 Å². The summed E-state index contributed by atoms with van der Waals surface area (Å²) in [6, 6.07) is 6.10. The van der Waals surface area contributed by atoms with Crippen molar-refractivity contribution in [2.24, 2.45) is 0 Å². The summed E-state index contributed by atoms with van der Waals surface area (Å²) in [4.78, 5) is 0. The SMILES string of the molecule is CCCCOCCCCOc1ccc(F)cc1. The van der Waals surface area contributed by atoms with Gasteiger partial charge in [-0.1, -0.05) is 13.3 Å². The van der Waals surface area contributed by atoms with Gasteiger partial charge in [0.1, 0.15) is 11.6 Å². The molecule has 3 heteroatoms. The largest absolute Gasteiger partial charge is 0.494 e. The Hall–Kier alpha value is -1.09. The Labute approximate surface area is 103 Å². The predicted octanol–water partition coefficient (Wildman–Crippen LogP) is 3.80. The van der Waals surface area contributed by atoms with Crippen LogP contribution in [0.15, 0.2) is 24.3 Å². The first kappa shape index (κ1) is 14.0. The average molecular weight is 240 g/mol. The molecule has 17 heavy (non-hydrogen) atoms. The normalized spacial score (nSPS) is 10.5. The van der Waals surface area contributed by atoms with Crippen LogP contribution in [0.1, 0.15) is 32.6 Å².